The predicted molar refractivity (Wildman–Crippen MR) is 74.3 cm³/mol. The molecule has 0 fully saturated rings. The molecule has 1 unspecified atom stereocenters. The van der Waals surface area contributed by atoms with Gasteiger partial charge >= 0.3 is 12.0 Å². The average molecular weight is 282 g/mol. The van der Waals surface area contributed by atoms with E-state index in [2.05, 4.69) is 5.32 Å². The zero-order valence-corrected chi connectivity index (χ0v) is 11.8. The summed E-state index contributed by atoms with van der Waals surface area (Å²) in [6, 6.07) is 3.49. The summed E-state index contributed by atoms with van der Waals surface area (Å²) in [4.78, 5) is 24.2. The number of aliphatic carboxylic acids is 1. The molecule has 0 radical (unpaired) electrons. The summed E-state index contributed by atoms with van der Waals surface area (Å²) in [6.45, 7) is 4.86. The summed E-state index contributed by atoms with van der Waals surface area (Å²) < 4.78 is 13.1. The number of hydrogen-bond acceptors (Lipinski definition) is 2. The van der Waals surface area contributed by atoms with Crippen molar-refractivity contribution in [3.63, 3.8) is 0 Å². The number of urea groups is 1. The van der Waals surface area contributed by atoms with Crippen molar-refractivity contribution in [3.05, 3.63) is 29.6 Å². The average Bonchev–Trinajstić information content (AvgIpc) is 2.39. The van der Waals surface area contributed by atoms with E-state index < -0.39 is 12.0 Å². The van der Waals surface area contributed by atoms with Crippen molar-refractivity contribution >= 4 is 17.7 Å². The Hall–Kier alpha value is -2.11. The van der Waals surface area contributed by atoms with E-state index in [0.717, 1.165) is 0 Å². The molecule has 0 bridgehead atoms. The number of nitrogens with one attached hydrogen (secondary N) is 1. The van der Waals surface area contributed by atoms with Gasteiger partial charge in [-0.1, -0.05) is 6.92 Å². The van der Waals surface area contributed by atoms with E-state index >= 15 is 0 Å². The summed E-state index contributed by atoms with van der Waals surface area (Å²) in [6.07, 6.45) is 0.642. The van der Waals surface area contributed by atoms with Gasteiger partial charge in [-0.15, -0.1) is 0 Å². The monoisotopic (exact) mass is 282 g/mol. The van der Waals surface area contributed by atoms with E-state index in [4.69, 9.17) is 5.11 Å². The Morgan fingerprint density at radius 3 is 2.60 bits per heavy atom. The molecular weight excluding hydrogens is 263 g/mol. The quantitative estimate of drug-likeness (QED) is 0.872. The van der Waals surface area contributed by atoms with Crippen LogP contribution in [-0.4, -0.2) is 34.6 Å². The lowest BCUT2D eigenvalue weighted by Crippen LogP contribution is -2.44. The predicted octanol–water partition coefficient (Wildman–Crippen LogP) is 2.85. The van der Waals surface area contributed by atoms with E-state index in [-0.39, 0.29) is 18.4 Å². The molecule has 5 nitrogen and oxygen atoms in total. The second-order valence-electron chi connectivity index (χ2n) is 4.67. The Morgan fingerprint density at radius 1 is 1.45 bits per heavy atom. The first kappa shape index (κ1) is 15.9. The fourth-order valence-electron chi connectivity index (χ4n) is 1.71. The van der Waals surface area contributed by atoms with Crippen molar-refractivity contribution in [2.45, 2.75) is 33.2 Å². The fourth-order valence-corrected chi connectivity index (χ4v) is 1.71. The van der Waals surface area contributed by atoms with Crippen LogP contribution < -0.4 is 5.32 Å². The minimum Gasteiger partial charge on any atom is -0.480 e. The van der Waals surface area contributed by atoms with E-state index in [0.29, 0.717) is 17.7 Å². The molecule has 0 heterocycles. The maximum absolute atomic E-state index is 13.1. The molecule has 0 saturated heterocycles. The van der Waals surface area contributed by atoms with Crippen molar-refractivity contribution in [3.8, 4) is 0 Å². The zero-order chi connectivity index (χ0) is 15.3. The third-order valence-corrected chi connectivity index (χ3v) is 3.10. The van der Waals surface area contributed by atoms with Gasteiger partial charge in [0.15, 0.2) is 0 Å². The number of anilines is 1. The van der Waals surface area contributed by atoms with Crippen LogP contribution in [0.25, 0.3) is 0 Å². The van der Waals surface area contributed by atoms with Crippen LogP contribution in [0.5, 0.6) is 0 Å². The molecule has 6 heteroatoms. The highest BCUT2D eigenvalue weighted by Gasteiger charge is 2.21. The fraction of sp³-hybridized carbons (Fsp3) is 0.429. The van der Waals surface area contributed by atoms with E-state index in [1.54, 1.807) is 13.8 Å². The molecule has 0 aromatic heterocycles. The number of carbonyl (C=O) groups is 2. The number of carboxylic acid groups (broad SMARTS) is 1. The summed E-state index contributed by atoms with van der Waals surface area (Å²) in [5.74, 6) is -1.43. The standard InChI is InChI=1S/C14H19FN2O3/c1-4-10(3)17(8-13(18)19)14(20)16-11-5-6-12(15)9(2)7-11/h5-7,10H,4,8H2,1-3H3,(H,16,20)(H,18,19). The lowest BCUT2D eigenvalue weighted by Gasteiger charge is -2.27. The van der Waals surface area contributed by atoms with Crippen LogP contribution in [0.15, 0.2) is 18.2 Å². The van der Waals surface area contributed by atoms with Crippen molar-refractivity contribution in [1.82, 2.24) is 4.90 Å². The highest BCUT2D eigenvalue weighted by Crippen LogP contribution is 2.15. The van der Waals surface area contributed by atoms with Gasteiger partial charge in [-0.2, -0.15) is 0 Å². The zero-order valence-electron chi connectivity index (χ0n) is 11.8. The number of aryl methyl sites for hydroxylation is 1. The minimum atomic E-state index is -1.07. The molecule has 1 aromatic rings. The van der Waals surface area contributed by atoms with Gasteiger partial charge in [0, 0.05) is 11.7 Å². The van der Waals surface area contributed by atoms with Gasteiger partial charge in [0.1, 0.15) is 12.4 Å². The summed E-state index contributed by atoms with van der Waals surface area (Å²) in [5.41, 5.74) is 0.851. The van der Waals surface area contributed by atoms with Crippen molar-refractivity contribution < 1.29 is 19.1 Å². The number of hydrogen-bond donors (Lipinski definition) is 2. The molecule has 1 atom stereocenters. The normalized spacial score (nSPS) is 11.8. The molecule has 1 rings (SSSR count). The van der Waals surface area contributed by atoms with Crippen LogP contribution in [0.3, 0.4) is 0 Å². The summed E-state index contributed by atoms with van der Waals surface area (Å²) in [7, 11) is 0. The second-order valence-corrected chi connectivity index (χ2v) is 4.67. The molecule has 0 aliphatic heterocycles. The molecule has 0 aliphatic carbocycles. The van der Waals surface area contributed by atoms with Gasteiger partial charge in [0.25, 0.3) is 0 Å². The molecule has 0 aliphatic rings. The number of nitrogens with zero attached hydrogens (tertiary/aromatic N) is 1. The number of rotatable bonds is 5. The highest BCUT2D eigenvalue weighted by atomic mass is 19.1. The highest BCUT2D eigenvalue weighted by molar-refractivity contribution is 5.91. The van der Waals surface area contributed by atoms with Crippen molar-refractivity contribution in [2.75, 3.05) is 11.9 Å². The second kappa shape index (κ2) is 6.88. The Bertz CT molecular complexity index is 505. The Balaban J connectivity index is 2.84. The molecule has 110 valence electrons. The molecular formula is C14H19FN2O3. The van der Waals surface area contributed by atoms with Crippen LogP contribution in [0.2, 0.25) is 0 Å². The molecule has 1 aromatic carbocycles. The smallest absolute Gasteiger partial charge is 0.323 e. The van der Waals surface area contributed by atoms with Crippen LogP contribution in [0.1, 0.15) is 25.8 Å². The first-order chi connectivity index (χ1) is 9.35. The van der Waals surface area contributed by atoms with Crippen LogP contribution in [-0.2, 0) is 4.79 Å². The Labute approximate surface area is 117 Å². The van der Waals surface area contributed by atoms with Gasteiger partial charge in [-0.25, -0.2) is 9.18 Å². The first-order valence-electron chi connectivity index (χ1n) is 6.40. The van der Waals surface area contributed by atoms with Gasteiger partial charge in [0.2, 0.25) is 0 Å². The SMILES string of the molecule is CCC(C)N(CC(=O)O)C(=O)Nc1ccc(F)c(C)c1. The van der Waals surface area contributed by atoms with E-state index in [1.807, 2.05) is 6.92 Å². The number of carboxylic acids is 1. The number of benzene rings is 1. The molecule has 0 spiro atoms. The van der Waals surface area contributed by atoms with Gasteiger partial charge < -0.3 is 15.3 Å². The Morgan fingerprint density at radius 2 is 2.10 bits per heavy atom. The van der Waals surface area contributed by atoms with Crippen LogP contribution in [0, 0.1) is 12.7 Å². The molecule has 20 heavy (non-hydrogen) atoms. The van der Waals surface area contributed by atoms with Crippen molar-refractivity contribution in [1.29, 1.82) is 0 Å². The van der Waals surface area contributed by atoms with E-state index in [1.165, 1.54) is 23.1 Å². The largest absolute Gasteiger partial charge is 0.480 e. The molecule has 2 N–H and O–H groups in total. The Kier molecular flexibility index (Phi) is 5.49. The topological polar surface area (TPSA) is 69.6 Å². The first-order valence-corrected chi connectivity index (χ1v) is 6.40. The molecule has 2 amide bonds. The van der Waals surface area contributed by atoms with Crippen LogP contribution in [0.4, 0.5) is 14.9 Å². The van der Waals surface area contributed by atoms with Crippen LogP contribution >= 0.6 is 0 Å². The van der Waals surface area contributed by atoms with Gasteiger partial charge in [-0.3, -0.25) is 4.79 Å². The van der Waals surface area contributed by atoms with Gasteiger partial charge in [-0.05, 0) is 44.0 Å². The third-order valence-electron chi connectivity index (χ3n) is 3.10. The lowest BCUT2D eigenvalue weighted by molar-refractivity contribution is -0.138. The third kappa shape index (κ3) is 4.22. The van der Waals surface area contributed by atoms with Gasteiger partial charge in [0.05, 0.1) is 0 Å². The maximum atomic E-state index is 13.1. The number of halogens is 1. The minimum absolute atomic E-state index is 0.201. The van der Waals surface area contributed by atoms with Crippen molar-refractivity contribution in [2.24, 2.45) is 0 Å². The van der Waals surface area contributed by atoms with E-state index in [9.17, 15) is 14.0 Å². The summed E-state index contributed by atoms with van der Waals surface area (Å²) in [5, 5.41) is 11.4. The summed E-state index contributed by atoms with van der Waals surface area (Å²) >= 11 is 0. The lowest BCUT2D eigenvalue weighted by atomic mass is 10.2. The molecule has 0 saturated carbocycles. The maximum Gasteiger partial charge on any atom is 0.323 e. The number of amides is 2. The number of carbonyl (C=O) groups excluding carboxylic acids is 1.